The van der Waals surface area contributed by atoms with Crippen molar-refractivity contribution in [2.45, 2.75) is 6.54 Å². The van der Waals surface area contributed by atoms with E-state index in [0.717, 1.165) is 11.3 Å². The van der Waals surface area contributed by atoms with Crippen molar-refractivity contribution in [3.63, 3.8) is 0 Å². The third-order valence-electron chi connectivity index (χ3n) is 3.47. The van der Waals surface area contributed by atoms with Gasteiger partial charge in [-0.05, 0) is 29.8 Å². The van der Waals surface area contributed by atoms with Gasteiger partial charge in [0.1, 0.15) is 0 Å². The molecule has 116 valence electrons. The third kappa shape index (κ3) is 4.09. The molecule has 2 aromatic carbocycles. The number of amides is 1. The highest BCUT2D eigenvalue weighted by atomic mass is 16.3. The van der Waals surface area contributed by atoms with Gasteiger partial charge in [0, 0.05) is 38.4 Å². The van der Waals surface area contributed by atoms with Crippen LogP contribution in [0.4, 0.5) is 5.69 Å². The van der Waals surface area contributed by atoms with Crippen LogP contribution in [0, 0.1) is 0 Å². The average molecular weight is 298 g/mol. The lowest BCUT2D eigenvalue weighted by molar-refractivity contribution is 0.0827. The van der Waals surface area contributed by atoms with Gasteiger partial charge < -0.3 is 14.9 Å². The summed E-state index contributed by atoms with van der Waals surface area (Å²) in [6, 6.07) is 17.6. The van der Waals surface area contributed by atoms with Gasteiger partial charge >= 0.3 is 0 Å². The second-order valence-electron chi connectivity index (χ2n) is 5.38. The van der Waals surface area contributed by atoms with Gasteiger partial charge in [0.2, 0.25) is 0 Å². The molecule has 1 amide bonds. The fourth-order valence-corrected chi connectivity index (χ4v) is 2.29. The number of nitrogens with zero attached hydrogens (tertiary/aromatic N) is 2. The number of hydrogen-bond acceptors (Lipinski definition) is 3. The first-order valence-corrected chi connectivity index (χ1v) is 7.33. The van der Waals surface area contributed by atoms with Crippen LogP contribution in [0.1, 0.15) is 15.9 Å². The van der Waals surface area contributed by atoms with Gasteiger partial charge in [-0.25, -0.2) is 0 Å². The number of aliphatic hydroxyl groups excluding tert-OH is 1. The van der Waals surface area contributed by atoms with E-state index in [9.17, 15) is 9.90 Å². The van der Waals surface area contributed by atoms with Gasteiger partial charge in [0.25, 0.3) is 5.91 Å². The molecule has 4 heteroatoms. The maximum atomic E-state index is 11.9. The largest absolute Gasteiger partial charge is 0.395 e. The molecule has 4 nitrogen and oxygen atoms in total. The lowest BCUT2D eigenvalue weighted by atomic mass is 10.1. The van der Waals surface area contributed by atoms with Crippen LogP contribution in [-0.2, 0) is 6.54 Å². The van der Waals surface area contributed by atoms with E-state index in [0.29, 0.717) is 18.7 Å². The highest BCUT2D eigenvalue weighted by Gasteiger charge is 2.09. The van der Waals surface area contributed by atoms with Gasteiger partial charge in [-0.15, -0.1) is 0 Å². The predicted molar refractivity (Wildman–Crippen MR) is 89.0 cm³/mol. The average Bonchev–Trinajstić information content (AvgIpc) is 2.55. The number of benzene rings is 2. The van der Waals surface area contributed by atoms with Gasteiger partial charge in [-0.2, -0.15) is 0 Å². The van der Waals surface area contributed by atoms with Gasteiger partial charge in [-0.1, -0.05) is 30.3 Å². The summed E-state index contributed by atoms with van der Waals surface area (Å²) in [4.78, 5) is 15.6. The van der Waals surface area contributed by atoms with Gasteiger partial charge in [0.05, 0.1) is 6.61 Å². The first-order chi connectivity index (χ1) is 10.6. The van der Waals surface area contributed by atoms with E-state index in [-0.39, 0.29) is 12.5 Å². The van der Waals surface area contributed by atoms with Crippen molar-refractivity contribution in [2.75, 3.05) is 32.1 Å². The molecule has 2 aromatic rings. The summed E-state index contributed by atoms with van der Waals surface area (Å²) in [6.45, 7) is 1.37. The Morgan fingerprint density at radius 3 is 2.18 bits per heavy atom. The molecule has 0 aliphatic carbocycles. The van der Waals surface area contributed by atoms with E-state index in [4.69, 9.17) is 0 Å². The number of carbonyl (C=O) groups is 1. The standard InChI is InChI=1S/C18H22N2O2/c1-19(2)18(22)16-10-8-15(9-11-16)14-20(12-13-21)17-6-4-3-5-7-17/h3-11,21H,12-14H2,1-2H3. The molecule has 2 rings (SSSR count). The molecule has 0 aromatic heterocycles. The van der Waals surface area contributed by atoms with Gasteiger partial charge in [-0.3, -0.25) is 4.79 Å². The van der Waals surface area contributed by atoms with Gasteiger partial charge in [0.15, 0.2) is 0 Å². The second-order valence-corrected chi connectivity index (χ2v) is 5.38. The maximum absolute atomic E-state index is 11.9. The summed E-state index contributed by atoms with van der Waals surface area (Å²) in [6.07, 6.45) is 0. The summed E-state index contributed by atoms with van der Waals surface area (Å²) in [5, 5.41) is 9.26. The van der Waals surface area contributed by atoms with E-state index in [1.165, 1.54) is 0 Å². The van der Waals surface area contributed by atoms with Crippen LogP contribution in [-0.4, -0.2) is 43.2 Å². The molecular formula is C18H22N2O2. The number of hydrogen-bond donors (Lipinski definition) is 1. The highest BCUT2D eigenvalue weighted by molar-refractivity contribution is 5.93. The predicted octanol–water partition coefficient (Wildman–Crippen LogP) is 2.39. The van der Waals surface area contributed by atoms with Crippen molar-refractivity contribution in [2.24, 2.45) is 0 Å². The molecule has 0 saturated heterocycles. The second kappa shape index (κ2) is 7.61. The van der Waals surface area contributed by atoms with Crippen molar-refractivity contribution >= 4 is 11.6 Å². The van der Waals surface area contributed by atoms with E-state index >= 15 is 0 Å². The Kier molecular flexibility index (Phi) is 5.55. The summed E-state index contributed by atoms with van der Waals surface area (Å²) in [7, 11) is 3.49. The van der Waals surface area contributed by atoms with Crippen molar-refractivity contribution in [3.05, 3.63) is 65.7 Å². The van der Waals surface area contributed by atoms with Crippen molar-refractivity contribution in [1.29, 1.82) is 0 Å². The van der Waals surface area contributed by atoms with Crippen LogP contribution in [0.5, 0.6) is 0 Å². The van der Waals surface area contributed by atoms with Crippen LogP contribution in [0.3, 0.4) is 0 Å². The molecular weight excluding hydrogens is 276 g/mol. The molecule has 0 atom stereocenters. The normalized spacial score (nSPS) is 10.3. The number of carbonyl (C=O) groups excluding carboxylic acids is 1. The van der Waals surface area contributed by atoms with E-state index < -0.39 is 0 Å². The summed E-state index contributed by atoms with van der Waals surface area (Å²) >= 11 is 0. The zero-order valence-electron chi connectivity index (χ0n) is 13.1. The smallest absolute Gasteiger partial charge is 0.253 e. The first kappa shape index (κ1) is 16.0. The zero-order valence-corrected chi connectivity index (χ0v) is 13.1. The molecule has 0 bridgehead atoms. The van der Waals surface area contributed by atoms with Crippen LogP contribution < -0.4 is 4.90 Å². The van der Waals surface area contributed by atoms with Crippen LogP contribution in [0.15, 0.2) is 54.6 Å². The fourth-order valence-electron chi connectivity index (χ4n) is 2.29. The topological polar surface area (TPSA) is 43.8 Å². The molecule has 0 aliphatic heterocycles. The minimum atomic E-state index is 0.00169. The lowest BCUT2D eigenvalue weighted by Crippen LogP contribution is -2.26. The Balaban J connectivity index is 2.12. The summed E-state index contributed by atoms with van der Waals surface area (Å²) in [5.74, 6) is 0.00169. The Bertz CT molecular complexity index is 594. The first-order valence-electron chi connectivity index (χ1n) is 7.33. The molecule has 0 aliphatic rings. The van der Waals surface area contributed by atoms with Crippen LogP contribution in [0.25, 0.3) is 0 Å². The van der Waals surface area contributed by atoms with Crippen LogP contribution >= 0.6 is 0 Å². The molecule has 0 fully saturated rings. The molecule has 0 unspecified atom stereocenters. The highest BCUT2D eigenvalue weighted by Crippen LogP contribution is 2.17. The molecule has 0 spiro atoms. The maximum Gasteiger partial charge on any atom is 0.253 e. The number of anilines is 1. The van der Waals surface area contributed by atoms with Crippen molar-refractivity contribution in [1.82, 2.24) is 4.90 Å². The Morgan fingerprint density at radius 2 is 1.64 bits per heavy atom. The number of para-hydroxylation sites is 1. The number of rotatable bonds is 6. The van der Waals surface area contributed by atoms with Crippen molar-refractivity contribution < 1.29 is 9.90 Å². The summed E-state index contributed by atoms with van der Waals surface area (Å²) < 4.78 is 0. The zero-order chi connectivity index (χ0) is 15.9. The molecule has 0 saturated carbocycles. The quantitative estimate of drug-likeness (QED) is 0.890. The van der Waals surface area contributed by atoms with E-state index in [2.05, 4.69) is 4.90 Å². The Hall–Kier alpha value is -2.33. The Labute approximate surface area is 131 Å². The monoisotopic (exact) mass is 298 g/mol. The minimum absolute atomic E-state index is 0.00169. The third-order valence-corrected chi connectivity index (χ3v) is 3.47. The molecule has 0 radical (unpaired) electrons. The van der Waals surface area contributed by atoms with E-state index in [1.807, 2.05) is 54.6 Å². The van der Waals surface area contributed by atoms with Crippen LogP contribution in [0.2, 0.25) is 0 Å². The number of aliphatic hydroxyl groups is 1. The molecule has 0 heterocycles. The van der Waals surface area contributed by atoms with E-state index in [1.54, 1.807) is 19.0 Å². The fraction of sp³-hybridized carbons (Fsp3) is 0.278. The van der Waals surface area contributed by atoms with Crippen molar-refractivity contribution in [3.8, 4) is 0 Å². The SMILES string of the molecule is CN(C)C(=O)c1ccc(CN(CCO)c2ccccc2)cc1. The lowest BCUT2D eigenvalue weighted by Gasteiger charge is -2.24. The summed E-state index contributed by atoms with van der Waals surface area (Å²) in [5.41, 5.74) is 2.86. The molecule has 22 heavy (non-hydrogen) atoms. The Morgan fingerprint density at radius 1 is 1.00 bits per heavy atom. The minimum Gasteiger partial charge on any atom is -0.395 e. The molecule has 1 N–H and O–H groups in total.